The summed E-state index contributed by atoms with van der Waals surface area (Å²) >= 11 is 0. The van der Waals surface area contributed by atoms with Crippen LogP contribution in [0.2, 0.25) is 0 Å². The number of allylic oxidation sites excluding steroid dienone is 2. The van der Waals surface area contributed by atoms with Gasteiger partial charge >= 0.3 is 6.09 Å². The molecular formula is C11H15NO2. The van der Waals surface area contributed by atoms with E-state index in [1.165, 1.54) is 0 Å². The fourth-order valence-corrected chi connectivity index (χ4v) is 1.62. The number of rotatable bonds is 1. The van der Waals surface area contributed by atoms with Crippen LogP contribution in [0.1, 0.15) is 27.7 Å². The van der Waals surface area contributed by atoms with E-state index in [0.717, 1.165) is 11.4 Å². The van der Waals surface area contributed by atoms with Gasteiger partial charge in [-0.2, -0.15) is 0 Å². The standard InChI is InChI=1S/C11H15NO2/c1-6-11(5)7-8(11)12(7)9(13)14-10(2,3)4/h6H,1H2,2-5H3. The number of carbonyl (C=O) groups is 1. The van der Waals surface area contributed by atoms with Crippen molar-refractivity contribution in [2.24, 2.45) is 5.41 Å². The Bertz CT molecular complexity index is 346. The fourth-order valence-electron chi connectivity index (χ4n) is 1.62. The second kappa shape index (κ2) is 2.22. The summed E-state index contributed by atoms with van der Waals surface area (Å²) in [5.41, 5.74) is 1.72. The molecule has 0 unspecified atom stereocenters. The second-order valence-corrected chi connectivity index (χ2v) is 4.92. The van der Waals surface area contributed by atoms with Crippen molar-refractivity contribution in [3.05, 3.63) is 24.0 Å². The maximum absolute atomic E-state index is 11.5. The topological polar surface area (TPSA) is 29.3 Å². The van der Waals surface area contributed by atoms with Crippen LogP contribution in [0.4, 0.5) is 4.79 Å². The van der Waals surface area contributed by atoms with Gasteiger partial charge in [-0.1, -0.05) is 6.08 Å². The summed E-state index contributed by atoms with van der Waals surface area (Å²) in [7, 11) is 0. The quantitative estimate of drug-likeness (QED) is 0.599. The van der Waals surface area contributed by atoms with E-state index in [4.69, 9.17) is 4.74 Å². The largest absolute Gasteiger partial charge is 0.443 e. The van der Waals surface area contributed by atoms with Gasteiger partial charge in [-0.25, -0.2) is 9.69 Å². The first-order chi connectivity index (χ1) is 6.31. The summed E-state index contributed by atoms with van der Waals surface area (Å²) in [6.07, 6.45) is 1.60. The molecule has 0 radical (unpaired) electrons. The predicted octanol–water partition coefficient (Wildman–Crippen LogP) is 2.65. The summed E-state index contributed by atoms with van der Waals surface area (Å²) in [6, 6.07) is 0. The van der Waals surface area contributed by atoms with Crippen molar-refractivity contribution in [1.29, 1.82) is 0 Å². The highest BCUT2D eigenvalue weighted by atomic mass is 16.6. The molecule has 0 aromatic heterocycles. The Hall–Kier alpha value is -1.25. The molecule has 1 heterocycles. The predicted molar refractivity (Wildman–Crippen MR) is 53.4 cm³/mol. The molecule has 1 amide bonds. The smallest absolute Gasteiger partial charge is 0.419 e. The molecule has 2 aliphatic rings. The molecule has 0 saturated heterocycles. The minimum absolute atomic E-state index is 0.00307. The van der Waals surface area contributed by atoms with Gasteiger partial charge in [-0.3, -0.25) is 0 Å². The lowest BCUT2D eigenvalue weighted by atomic mass is 10.0. The first-order valence-corrected chi connectivity index (χ1v) is 4.73. The first kappa shape index (κ1) is 9.31. The van der Waals surface area contributed by atoms with Crippen molar-refractivity contribution in [1.82, 2.24) is 4.90 Å². The van der Waals surface area contributed by atoms with Crippen LogP contribution in [0.15, 0.2) is 24.0 Å². The Morgan fingerprint density at radius 3 is 2.36 bits per heavy atom. The summed E-state index contributed by atoms with van der Waals surface area (Å²) in [4.78, 5) is 13.1. The lowest BCUT2D eigenvalue weighted by Gasteiger charge is -2.27. The zero-order chi connectivity index (χ0) is 10.7. The molecule has 3 nitrogen and oxygen atoms in total. The second-order valence-electron chi connectivity index (χ2n) is 4.92. The minimum Gasteiger partial charge on any atom is -0.443 e. The van der Waals surface area contributed by atoms with Crippen LogP contribution < -0.4 is 0 Å². The average molecular weight is 193 g/mol. The molecular weight excluding hydrogens is 178 g/mol. The summed E-state index contributed by atoms with van der Waals surface area (Å²) in [5.74, 6) is 0. The van der Waals surface area contributed by atoms with Crippen molar-refractivity contribution in [2.45, 2.75) is 33.3 Å². The highest BCUT2D eigenvalue weighted by Gasteiger charge is 2.70. The Kier molecular flexibility index (Phi) is 1.47. The van der Waals surface area contributed by atoms with Crippen molar-refractivity contribution in [3.63, 3.8) is 0 Å². The number of likely N-dealkylation sites (tertiary alicyclic amines) is 1. The molecule has 0 aromatic carbocycles. The Labute approximate surface area is 84.0 Å². The Morgan fingerprint density at radius 2 is 2.00 bits per heavy atom. The SMILES string of the molecule is C=CC1(C)C2=C1N2C(=O)OC(C)(C)C. The van der Waals surface area contributed by atoms with Gasteiger partial charge in [0.1, 0.15) is 5.60 Å². The van der Waals surface area contributed by atoms with Gasteiger partial charge < -0.3 is 4.74 Å². The minimum atomic E-state index is -0.419. The lowest BCUT2D eigenvalue weighted by molar-refractivity contribution is 0.0374. The summed E-state index contributed by atoms with van der Waals surface area (Å²) in [5, 5.41) is 0. The summed E-state index contributed by atoms with van der Waals surface area (Å²) in [6.45, 7) is 11.4. The number of ether oxygens (including phenoxy) is 1. The van der Waals surface area contributed by atoms with Gasteiger partial charge in [0.15, 0.2) is 0 Å². The van der Waals surface area contributed by atoms with E-state index in [-0.39, 0.29) is 11.5 Å². The van der Waals surface area contributed by atoms with E-state index in [9.17, 15) is 4.79 Å². The third-order valence-corrected chi connectivity index (χ3v) is 2.53. The molecule has 2 rings (SSSR count). The van der Waals surface area contributed by atoms with Crippen molar-refractivity contribution < 1.29 is 9.53 Å². The Morgan fingerprint density at radius 1 is 1.50 bits per heavy atom. The van der Waals surface area contributed by atoms with Crippen molar-refractivity contribution >= 4 is 6.09 Å². The van der Waals surface area contributed by atoms with Crippen LogP contribution in [0.5, 0.6) is 0 Å². The third kappa shape index (κ3) is 1.08. The molecule has 0 spiro atoms. The highest BCUT2D eigenvalue weighted by molar-refractivity contribution is 5.88. The van der Waals surface area contributed by atoms with E-state index in [1.807, 2.05) is 33.8 Å². The van der Waals surface area contributed by atoms with Gasteiger partial charge in [0.2, 0.25) is 0 Å². The van der Waals surface area contributed by atoms with Crippen LogP contribution in [0.25, 0.3) is 0 Å². The molecule has 0 atom stereocenters. The molecule has 14 heavy (non-hydrogen) atoms. The van der Waals surface area contributed by atoms with Gasteiger partial charge in [-0.05, 0) is 27.7 Å². The van der Waals surface area contributed by atoms with Crippen LogP contribution >= 0.6 is 0 Å². The van der Waals surface area contributed by atoms with Crippen molar-refractivity contribution in [2.75, 3.05) is 0 Å². The zero-order valence-corrected chi connectivity index (χ0v) is 9.05. The molecule has 1 aliphatic carbocycles. The average Bonchev–Trinajstić information content (AvgIpc) is 2.85. The zero-order valence-electron chi connectivity index (χ0n) is 9.05. The van der Waals surface area contributed by atoms with Crippen molar-refractivity contribution in [3.8, 4) is 0 Å². The number of carbonyl (C=O) groups excluding carboxylic acids is 1. The number of amides is 1. The maximum Gasteiger partial charge on any atom is 0.419 e. The molecule has 0 bridgehead atoms. The summed E-state index contributed by atoms with van der Waals surface area (Å²) < 4.78 is 5.21. The molecule has 0 aromatic rings. The van der Waals surface area contributed by atoms with Gasteiger partial charge in [-0.15, -0.1) is 6.58 Å². The van der Waals surface area contributed by atoms with E-state index in [2.05, 4.69) is 6.58 Å². The number of hydrogen-bond acceptors (Lipinski definition) is 2. The first-order valence-electron chi connectivity index (χ1n) is 4.73. The molecule has 1 aliphatic heterocycles. The van der Waals surface area contributed by atoms with E-state index >= 15 is 0 Å². The van der Waals surface area contributed by atoms with E-state index < -0.39 is 5.60 Å². The van der Waals surface area contributed by atoms with Crippen LogP contribution in [0, 0.1) is 5.41 Å². The monoisotopic (exact) mass is 193 g/mol. The molecule has 3 heteroatoms. The molecule has 0 saturated carbocycles. The molecule has 76 valence electrons. The maximum atomic E-state index is 11.5. The number of hydrogen-bond donors (Lipinski definition) is 0. The molecule has 0 N–H and O–H groups in total. The van der Waals surface area contributed by atoms with Gasteiger partial charge in [0, 0.05) is 0 Å². The highest BCUT2D eigenvalue weighted by Crippen LogP contribution is 2.70. The lowest BCUT2D eigenvalue weighted by Crippen LogP contribution is -2.34. The third-order valence-electron chi connectivity index (χ3n) is 2.53. The fraction of sp³-hybridized carbons (Fsp3) is 0.545. The van der Waals surface area contributed by atoms with Crippen LogP contribution in [0.3, 0.4) is 0 Å². The van der Waals surface area contributed by atoms with Crippen LogP contribution in [-0.2, 0) is 4.74 Å². The number of nitrogens with zero attached hydrogens (tertiary/aromatic N) is 1. The Balaban J connectivity index is 1.87. The van der Waals surface area contributed by atoms with E-state index in [1.54, 1.807) is 4.90 Å². The van der Waals surface area contributed by atoms with Gasteiger partial charge in [0.25, 0.3) is 0 Å². The normalized spacial score (nSPS) is 21.6. The van der Waals surface area contributed by atoms with Gasteiger partial charge in [0.05, 0.1) is 16.8 Å². The molecule has 0 fully saturated rings. The van der Waals surface area contributed by atoms with E-state index in [0.29, 0.717) is 0 Å². The van der Waals surface area contributed by atoms with Crippen LogP contribution in [-0.4, -0.2) is 16.6 Å².